The number of nitrogens with one attached hydrogen (secondary N) is 1. The van der Waals surface area contributed by atoms with Crippen molar-refractivity contribution in [2.24, 2.45) is 11.8 Å². The minimum absolute atomic E-state index is 0.219. The fraction of sp³-hybridized carbons (Fsp3) is 0.923. The Labute approximate surface area is 95.8 Å². The van der Waals surface area contributed by atoms with Crippen LogP contribution in [0, 0.1) is 11.8 Å². The molecule has 0 saturated carbocycles. The summed E-state index contributed by atoms with van der Waals surface area (Å²) in [7, 11) is 0. The summed E-state index contributed by atoms with van der Waals surface area (Å²) in [5.41, 5.74) is 0. The average Bonchev–Trinajstić information content (AvgIpc) is 2.51. The van der Waals surface area contributed by atoms with Crippen molar-refractivity contribution in [3.8, 4) is 0 Å². The van der Waals surface area contributed by atoms with Crippen LogP contribution in [0.4, 0.5) is 0 Å². The minimum Gasteiger partial charge on any atom is -0.356 e. The van der Waals surface area contributed by atoms with Crippen LogP contribution >= 0.6 is 0 Å². The Morgan fingerprint density at radius 1 is 1.27 bits per heavy atom. The predicted octanol–water partition coefficient (Wildman–Crippen LogP) is 3.61. The largest absolute Gasteiger partial charge is 0.356 e. The van der Waals surface area contributed by atoms with Gasteiger partial charge in [-0.3, -0.25) is 4.79 Å². The Balaban J connectivity index is 0. The van der Waals surface area contributed by atoms with Gasteiger partial charge in [-0.1, -0.05) is 54.4 Å². The van der Waals surface area contributed by atoms with Crippen LogP contribution in [-0.2, 0) is 4.79 Å². The van der Waals surface area contributed by atoms with Crippen LogP contribution in [0.2, 0.25) is 0 Å². The highest BCUT2D eigenvalue weighted by atomic mass is 16.1. The summed E-state index contributed by atoms with van der Waals surface area (Å²) in [5.74, 6) is 1.67. The van der Waals surface area contributed by atoms with Gasteiger partial charge in [-0.15, -0.1) is 0 Å². The molecule has 0 aromatic heterocycles. The van der Waals surface area contributed by atoms with E-state index in [0.717, 1.165) is 25.3 Å². The van der Waals surface area contributed by atoms with Crippen molar-refractivity contribution in [1.29, 1.82) is 0 Å². The second-order valence-electron chi connectivity index (χ2n) is 4.72. The highest BCUT2D eigenvalue weighted by molar-refractivity contribution is 5.78. The number of carbonyl (C=O) groups is 1. The zero-order chi connectivity index (χ0) is 12.3. The molecular weight excluding hydrogens is 186 g/mol. The second-order valence-corrected chi connectivity index (χ2v) is 4.72. The first-order chi connectivity index (χ1) is 6.97. The minimum atomic E-state index is 0.219. The monoisotopic (exact) mass is 215 g/mol. The van der Waals surface area contributed by atoms with Crippen LogP contribution in [0.5, 0.6) is 0 Å². The third-order valence-corrected chi connectivity index (χ3v) is 1.64. The Bertz CT molecular complexity index is 141. The third-order valence-electron chi connectivity index (χ3n) is 1.64. The number of hydrogen-bond donors (Lipinski definition) is 1. The van der Waals surface area contributed by atoms with Gasteiger partial charge in [0, 0.05) is 13.0 Å². The van der Waals surface area contributed by atoms with Crippen LogP contribution in [0.3, 0.4) is 0 Å². The summed E-state index contributed by atoms with van der Waals surface area (Å²) in [6.45, 7) is 13.8. The molecule has 2 heteroatoms. The van der Waals surface area contributed by atoms with Gasteiger partial charge in [0.25, 0.3) is 0 Å². The molecule has 1 fully saturated rings. The molecule has 15 heavy (non-hydrogen) atoms. The summed E-state index contributed by atoms with van der Waals surface area (Å²) < 4.78 is 0. The normalized spacial score (nSPS) is 18.6. The van der Waals surface area contributed by atoms with Gasteiger partial charge in [0.1, 0.15) is 0 Å². The molecule has 2 nitrogen and oxygen atoms in total. The van der Waals surface area contributed by atoms with Crippen molar-refractivity contribution in [2.45, 2.75) is 60.8 Å². The van der Waals surface area contributed by atoms with Gasteiger partial charge in [-0.25, -0.2) is 0 Å². The van der Waals surface area contributed by atoms with Crippen molar-refractivity contribution in [3.63, 3.8) is 0 Å². The molecule has 92 valence electrons. The Morgan fingerprint density at radius 3 is 1.80 bits per heavy atom. The highest BCUT2D eigenvalue weighted by Crippen LogP contribution is 2.11. The van der Waals surface area contributed by atoms with E-state index < -0.39 is 0 Å². The van der Waals surface area contributed by atoms with Gasteiger partial charge in [0.15, 0.2) is 0 Å². The van der Waals surface area contributed by atoms with Crippen LogP contribution < -0.4 is 5.32 Å². The number of amides is 1. The van der Waals surface area contributed by atoms with E-state index in [0.29, 0.717) is 5.92 Å². The maximum Gasteiger partial charge on any atom is 0.220 e. The summed E-state index contributed by atoms with van der Waals surface area (Å²) in [4.78, 5) is 10.5. The lowest BCUT2D eigenvalue weighted by atomic mass is 10.1. The molecule has 1 amide bonds. The highest BCUT2D eigenvalue weighted by Gasteiger charge is 2.18. The van der Waals surface area contributed by atoms with Crippen molar-refractivity contribution < 1.29 is 4.79 Å². The zero-order valence-electron chi connectivity index (χ0n) is 11.4. The molecule has 0 bridgehead atoms. The van der Waals surface area contributed by atoms with Crippen LogP contribution in [0.1, 0.15) is 60.8 Å². The fourth-order valence-corrected chi connectivity index (χ4v) is 0.953. The number of rotatable bonds is 1. The standard InChI is InChI=1S/C6H11NO.C4H10.C3H8/c1-2-5-3-6(8)7-4-5;1-4(2)3;1-3-2/h5H,2-4H2,1H3,(H,7,8);4H,1-3H3;3H2,1-2H3. The number of carbonyl (C=O) groups excluding carboxylic acids is 1. The molecule has 1 heterocycles. The molecule has 0 aliphatic carbocycles. The summed E-state index contributed by atoms with van der Waals surface area (Å²) in [6, 6.07) is 0. The van der Waals surface area contributed by atoms with Crippen molar-refractivity contribution in [2.75, 3.05) is 6.54 Å². The van der Waals surface area contributed by atoms with E-state index in [9.17, 15) is 4.79 Å². The first-order valence-corrected chi connectivity index (χ1v) is 6.24. The molecule has 1 saturated heterocycles. The molecule has 0 aromatic rings. The van der Waals surface area contributed by atoms with Crippen LogP contribution in [0.15, 0.2) is 0 Å². The van der Waals surface area contributed by atoms with E-state index in [4.69, 9.17) is 0 Å². The van der Waals surface area contributed by atoms with Crippen molar-refractivity contribution >= 4 is 5.91 Å². The van der Waals surface area contributed by atoms with Gasteiger partial charge in [0.2, 0.25) is 5.91 Å². The smallest absolute Gasteiger partial charge is 0.220 e. The Kier molecular flexibility index (Phi) is 13.0. The third kappa shape index (κ3) is 16.2. The SMILES string of the molecule is CC(C)C.CCC.CCC1CNC(=O)C1. The predicted molar refractivity (Wildman–Crippen MR) is 67.9 cm³/mol. The van der Waals surface area contributed by atoms with E-state index >= 15 is 0 Å². The maximum atomic E-state index is 10.5. The van der Waals surface area contributed by atoms with E-state index in [-0.39, 0.29) is 5.91 Å². The summed E-state index contributed by atoms with van der Waals surface area (Å²) in [6.07, 6.45) is 3.12. The molecule has 0 spiro atoms. The molecule has 1 aliphatic rings. The molecule has 1 N–H and O–H groups in total. The van der Waals surface area contributed by atoms with Gasteiger partial charge in [-0.05, 0) is 11.8 Å². The molecular formula is C13H29NO. The second kappa shape index (κ2) is 11.5. The Hall–Kier alpha value is -0.530. The molecule has 1 unspecified atom stereocenters. The van der Waals surface area contributed by atoms with E-state index in [1.165, 1.54) is 6.42 Å². The van der Waals surface area contributed by atoms with Crippen LogP contribution in [-0.4, -0.2) is 12.5 Å². The lowest BCUT2D eigenvalue weighted by Crippen LogP contribution is -2.13. The van der Waals surface area contributed by atoms with Gasteiger partial charge in [-0.2, -0.15) is 0 Å². The molecule has 0 aromatic carbocycles. The molecule has 1 rings (SSSR count). The van der Waals surface area contributed by atoms with Gasteiger partial charge in [0.05, 0.1) is 0 Å². The first kappa shape index (κ1) is 16.9. The quantitative estimate of drug-likeness (QED) is 0.711. The first-order valence-electron chi connectivity index (χ1n) is 6.24. The lowest BCUT2D eigenvalue weighted by molar-refractivity contribution is -0.119. The molecule has 1 atom stereocenters. The van der Waals surface area contributed by atoms with Crippen molar-refractivity contribution in [3.05, 3.63) is 0 Å². The lowest BCUT2D eigenvalue weighted by Gasteiger charge is -1.97. The van der Waals surface area contributed by atoms with Crippen LogP contribution in [0.25, 0.3) is 0 Å². The maximum absolute atomic E-state index is 10.5. The van der Waals surface area contributed by atoms with Gasteiger partial charge >= 0.3 is 0 Å². The van der Waals surface area contributed by atoms with E-state index in [2.05, 4.69) is 46.9 Å². The fourth-order valence-electron chi connectivity index (χ4n) is 0.953. The molecule has 1 aliphatic heterocycles. The summed E-state index contributed by atoms with van der Waals surface area (Å²) in [5, 5.41) is 2.78. The Morgan fingerprint density at radius 2 is 1.67 bits per heavy atom. The van der Waals surface area contributed by atoms with Crippen molar-refractivity contribution in [1.82, 2.24) is 5.32 Å². The average molecular weight is 215 g/mol. The van der Waals surface area contributed by atoms with Gasteiger partial charge < -0.3 is 5.32 Å². The van der Waals surface area contributed by atoms with E-state index in [1.807, 2.05) is 0 Å². The zero-order valence-corrected chi connectivity index (χ0v) is 11.4. The topological polar surface area (TPSA) is 29.1 Å². The summed E-state index contributed by atoms with van der Waals surface area (Å²) >= 11 is 0. The molecule has 0 radical (unpaired) electrons. The van der Waals surface area contributed by atoms with E-state index in [1.54, 1.807) is 0 Å². The number of hydrogen-bond acceptors (Lipinski definition) is 1.